The van der Waals surface area contributed by atoms with Crippen LogP contribution in [-0.4, -0.2) is 29.4 Å². The molecular weight excluding hydrogens is 414 g/mol. The Balaban J connectivity index is 1.31. The highest BCUT2D eigenvalue weighted by Crippen LogP contribution is 2.30. The molecule has 1 heterocycles. The molecule has 31 heavy (non-hydrogen) atoms. The standard InChI is InChI=1S/C23H21N3O4S/c1-14-24-20(13-31-14)16-4-2-6-18(10-16)25-21(27)12-30-23(29)17-5-3-7-19(11-17)26-22(28)15-8-9-15/h2-7,10-11,13,15H,8-9,12H2,1H3,(H,25,27)(H,26,28). The monoisotopic (exact) mass is 435 g/mol. The lowest BCUT2D eigenvalue weighted by atomic mass is 10.1. The van der Waals surface area contributed by atoms with Gasteiger partial charge in [0.25, 0.3) is 5.91 Å². The molecule has 1 aliphatic carbocycles. The average molecular weight is 436 g/mol. The Bertz CT molecular complexity index is 1140. The van der Waals surface area contributed by atoms with E-state index < -0.39 is 18.5 Å². The maximum Gasteiger partial charge on any atom is 0.338 e. The molecule has 1 fully saturated rings. The zero-order valence-corrected chi connectivity index (χ0v) is 17.7. The van der Waals surface area contributed by atoms with Crippen molar-refractivity contribution in [1.29, 1.82) is 0 Å². The molecule has 7 nitrogen and oxygen atoms in total. The topological polar surface area (TPSA) is 97.4 Å². The summed E-state index contributed by atoms with van der Waals surface area (Å²) in [5, 5.41) is 8.43. The number of benzene rings is 2. The van der Waals surface area contributed by atoms with Crippen LogP contribution in [0.2, 0.25) is 0 Å². The van der Waals surface area contributed by atoms with Crippen LogP contribution in [0.25, 0.3) is 11.3 Å². The van der Waals surface area contributed by atoms with Gasteiger partial charge in [0.2, 0.25) is 5.91 Å². The molecule has 0 radical (unpaired) electrons. The molecule has 0 saturated heterocycles. The van der Waals surface area contributed by atoms with Crippen molar-refractivity contribution in [3.8, 4) is 11.3 Å². The summed E-state index contributed by atoms with van der Waals surface area (Å²) in [4.78, 5) is 40.9. The number of ether oxygens (including phenoxy) is 1. The molecule has 158 valence electrons. The number of hydrogen-bond donors (Lipinski definition) is 2. The molecule has 2 amide bonds. The van der Waals surface area contributed by atoms with E-state index >= 15 is 0 Å². The third-order valence-corrected chi connectivity index (χ3v) is 5.48. The Morgan fingerprint density at radius 2 is 1.81 bits per heavy atom. The Morgan fingerprint density at radius 1 is 1.06 bits per heavy atom. The first-order chi connectivity index (χ1) is 15.0. The minimum atomic E-state index is -0.635. The molecule has 0 bridgehead atoms. The average Bonchev–Trinajstić information content (AvgIpc) is 3.53. The summed E-state index contributed by atoms with van der Waals surface area (Å²) in [6.07, 6.45) is 1.80. The molecule has 3 aromatic rings. The number of thiazole rings is 1. The van der Waals surface area contributed by atoms with Crippen LogP contribution in [-0.2, 0) is 14.3 Å². The van der Waals surface area contributed by atoms with Crippen LogP contribution in [0.15, 0.2) is 53.9 Å². The number of nitrogens with one attached hydrogen (secondary N) is 2. The van der Waals surface area contributed by atoms with Gasteiger partial charge in [-0.15, -0.1) is 11.3 Å². The Kier molecular flexibility index (Phi) is 6.08. The van der Waals surface area contributed by atoms with Gasteiger partial charge in [0, 0.05) is 28.2 Å². The second-order valence-corrected chi connectivity index (χ2v) is 8.36. The first kappa shape index (κ1) is 20.7. The number of carbonyl (C=O) groups excluding carboxylic acids is 3. The van der Waals surface area contributed by atoms with Crippen LogP contribution in [0.1, 0.15) is 28.2 Å². The van der Waals surface area contributed by atoms with E-state index in [0.29, 0.717) is 11.4 Å². The summed E-state index contributed by atoms with van der Waals surface area (Å²) in [5.74, 6) is -1.06. The van der Waals surface area contributed by atoms with Gasteiger partial charge in [0.1, 0.15) is 0 Å². The number of aromatic nitrogens is 1. The molecule has 0 aliphatic heterocycles. The maximum atomic E-state index is 12.3. The fourth-order valence-corrected chi connectivity index (χ4v) is 3.60. The normalized spacial score (nSPS) is 12.8. The zero-order valence-electron chi connectivity index (χ0n) is 16.9. The van der Waals surface area contributed by atoms with E-state index in [9.17, 15) is 14.4 Å². The van der Waals surface area contributed by atoms with E-state index in [1.165, 1.54) is 0 Å². The van der Waals surface area contributed by atoms with Gasteiger partial charge in [-0.2, -0.15) is 0 Å². The van der Waals surface area contributed by atoms with Crippen LogP contribution in [0, 0.1) is 12.8 Å². The number of nitrogens with zero attached hydrogens (tertiary/aromatic N) is 1. The van der Waals surface area contributed by atoms with Crippen molar-refractivity contribution in [3.63, 3.8) is 0 Å². The van der Waals surface area contributed by atoms with Gasteiger partial charge in [-0.25, -0.2) is 9.78 Å². The van der Waals surface area contributed by atoms with Crippen LogP contribution in [0.3, 0.4) is 0 Å². The maximum absolute atomic E-state index is 12.3. The fraction of sp³-hybridized carbons (Fsp3) is 0.217. The SMILES string of the molecule is Cc1nc(-c2cccc(NC(=O)COC(=O)c3cccc(NC(=O)C4CC4)c3)c2)cs1. The highest BCUT2D eigenvalue weighted by Gasteiger charge is 2.29. The Morgan fingerprint density at radius 3 is 2.52 bits per heavy atom. The van der Waals surface area contributed by atoms with Crippen molar-refractivity contribution in [3.05, 3.63) is 64.5 Å². The van der Waals surface area contributed by atoms with Crippen LogP contribution < -0.4 is 10.6 Å². The molecule has 2 aromatic carbocycles. The number of carbonyl (C=O) groups is 3. The van der Waals surface area contributed by atoms with Crippen molar-refractivity contribution < 1.29 is 19.1 Å². The van der Waals surface area contributed by atoms with Crippen molar-refractivity contribution in [2.45, 2.75) is 19.8 Å². The van der Waals surface area contributed by atoms with Gasteiger partial charge in [0.05, 0.1) is 16.3 Å². The molecule has 2 N–H and O–H groups in total. The number of esters is 1. The highest BCUT2D eigenvalue weighted by atomic mass is 32.1. The lowest BCUT2D eigenvalue weighted by Crippen LogP contribution is -2.21. The van der Waals surface area contributed by atoms with Crippen LogP contribution >= 0.6 is 11.3 Å². The minimum absolute atomic E-state index is 0.0417. The van der Waals surface area contributed by atoms with E-state index in [0.717, 1.165) is 29.1 Å². The molecule has 0 spiro atoms. The molecule has 1 aliphatic rings. The van der Waals surface area contributed by atoms with Gasteiger partial charge in [-0.05, 0) is 50.1 Å². The summed E-state index contributed by atoms with van der Waals surface area (Å²) in [6, 6.07) is 13.8. The molecule has 1 saturated carbocycles. The van der Waals surface area contributed by atoms with Gasteiger partial charge in [-0.3, -0.25) is 9.59 Å². The largest absolute Gasteiger partial charge is 0.452 e. The molecular formula is C23H21N3O4S. The number of amides is 2. The van der Waals surface area contributed by atoms with Gasteiger partial charge in [-0.1, -0.05) is 18.2 Å². The van der Waals surface area contributed by atoms with Crippen molar-refractivity contribution in [2.75, 3.05) is 17.2 Å². The summed E-state index contributed by atoms with van der Waals surface area (Å²) in [5.41, 5.74) is 3.13. The lowest BCUT2D eigenvalue weighted by molar-refractivity contribution is -0.119. The molecule has 0 atom stereocenters. The van der Waals surface area contributed by atoms with Crippen LogP contribution in [0.5, 0.6) is 0 Å². The van der Waals surface area contributed by atoms with E-state index in [-0.39, 0.29) is 17.4 Å². The molecule has 0 unspecified atom stereocenters. The van der Waals surface area contributed by atoms with Crippen molar-refractivity contribution in [1.82, 2.24) is 4.98 Å². The second kappa shape index (κ2) is 9.09. The molecule has 8 heteroatoms. The molecule has 4 rings (SSSR count). The highest BCUT2D eigenvalue weighted by molar-refractivity contribution is 7.09. The lowest BCUT2D eigenvalue weighted by Gasteiger charge is -2.09. The predicted octanol–water partition coefficient (Wildman–Crippen LogP) is 4.26. The first-order valence-corrected chi connectivity index (χ1v) is 10.8. The Hall–Kier alpha value is -3.52. The number of hydrogen-bond acceptors (Lipinski definition) is 6. The summed E-state index contributed by atoms with van der Waals surface area (Å²) >= 11 is 1.56. The third-order valence-electron chi connectivity index (χ3n) is 4.71. The fourth-order valence-electron chi connectivity index (χ4n) is 2.98. The first-order valence-electron chi connectivity index (χ1n) is 9.88. The van der Waals surface area contributed by atoms with Gasteiger partial charge >= 0.3 is 5.97 Å². The number of rotatable bonds is 7. The summed E-state index contributed by atoms with van der Waals surface area (Å²) < 4.78 is 5.13. The third kappa shape index (κ3) is 5.55. The van der Waals surface area contributed by atoms with E-state index in [1.54, 1.807) is 41.7 Å². The van der Waals surface area contributed by atoms with E-state index in [1.807, 2.05) is 30.5 Å². The van der Waals surface area contributed by atoms with Crippen molar-refractivity contribution >= 4 is 40.5 Å². The quantitative estimate of drug-likeness (QED) is 0.541. The van der Waals surface area contributed by atoms with Gasteiger partial charge < -0.3 is 15.4 Å². The summed E-state index contributed by atoms with van der Waals surface area (Å²) in [7, 11) is 0. The van der Waals surface area contributed by atoms with Crippen LogP contribution in [0.4, 0.5) is 11.4 Å². The van der Waals surface area contributed by atoms with Gasteiger partial charge in [0.15, 0.2) is 6.61 Å². The molecule has 1 aromatic heterocycles. The van der Waals surface area contributed by atoms with E-state index in [4.69, 9.17) is 4.74 Å². The Labute approximate surface area is 183 Å². The predicted molar refractivity (Wildman–Crippen MR) is 119 cm³/mol. The van der Waals surface area contributed by atoms with E-state index in [2.05, 4.69) is 15.6 Å². The number of anilines is 2. The number of aryl methyl sites for hydroxylation is 1. The van der Waals surface area contributed by atoms with Crippen molar-refractivity contribution in [2.24, 2.45) is 5.92 Å². The second-order valence-electron chi connectivity index (χ2n) is 7.30. The smallest absolute Gasteiger partial charge is 0.338 e. The summed E-state index contributed by atoms with van der Waals surface area (Å²) in [6.45, 7) is 1.52. The zero-order chi connectivity index (χ0) is 21.8. The minimum Gasteiger partial charge on any atom is -0.452 e.